The van der Waals surface area contributed by atoms with Crippen LogP contribution in [-0.4, -0.2) is 16.6 Å². The Morgan fingerprint density at radius 3 is 2.71 bits per heavy atom. The minimum Gasteiger partial charge on any atom is -0.476 e. The lowest BCUT2D eigenvalue weighted by molar-refractivity contribution is 0.263. The van der Waals surface area contributed by atoms with Gasteiger partial charge in [0.25, 0.3) is 0 Å². The minimum atomic E-state index is 0.104. The fourth-order valence-corrected chi connectivity index (χ4v) is 1.83. The second-order valence-corrected chi connectivity index (χ2v) is 5.45. The lowest BCUT2D eigenvalue weighted by atomic mass is 10.1. The van der Waals surface area contributed by atoms with Crippen molar-refractivity contribution in [2.75, 3.05) is 17.7 Å². The summed E-state index contributed by atoms with van der Waals surface area (Å²) in [5, 5.41) is 3.33. The maximum atomic E-state index is 5.89. The number of ether oxygens (including phenoxy) is 1. The molecule has 21 heavy (non-hydrogen) atoms. The van der Waals surface area contributed by atoms with Crippen LogP contribution in [0.15, 0.2) is 36.7 Å². The van der Waals surface area contributed by atoms with Gasteiger partial charge in [0.1, 0.15) is 5.82 Å². The number of nitrogens with two attached hydrogens (primary N) is 1. The molecule has 5 heteroatoms. The number of hydrogen-bond acceptors (Lipinski definition) is 5. The Morgan fingerprint density at radius 2 is 2.05 bits per heavy atom. The molecule has 0 saturated carbocycles. The third-order valence-electron chi connectivity index (χ3n) is 2.99. The maximum absolute atomic E-state index is 5.89. The van der Waals surface area contributed by atoms with Crippen molar-refractivity contribution in [3.05, 3.63) is 42.2 Å². The van der Waals surface area contributed by atoms with Crippen LogP contribution in [0.2, 0.25) is 0 Å². The monoisotopic (exact) mass is 286 g/mol. The molecular weight excluding hydrogens is 264 g/mol. The van der Waals surface area contributed by atoms with Crippen LogP contribution < -0.4 is 15.8 Å². The predicted molar refractivity (Wildman–Crippen MR) is 85.3 cm³/mol. The standard InChI is InChI=1S/C16H22N4O/c1-11(2)10-21-16-14(17)6-7-15(20-16)19-12(3)13-5-4-8-18-9-13/h4-9,11-12H,10,17H2,1-3H3,(H,19,20). The molecule has 5 nitrogen and oxygen atoms in total. The lowest BCUT2D eigenvalue weighted by Gasteiger charge is -2.16. The molecule has 0 saturated heterocycles. The van der Waals surface area contributed by atoms with E-state index in [9.17, 15) is 0 Å². The Kier molecular flexibility index (Phi) is 4.98. The highest BCUT2D eigenvalue weighted by Crippen LogP contribution is 2.24. The first kappa shape index (κ1) is 15.1. The van der Waals surface area contributed by atoms with Crippen molar-refractivity contribution in [1.29, 1.82) is 0 Å². The van der Waals surface area contributed by atoms with Gasteiger partial charge in [-0.05, 0) is 36.6 Å². The molecule has 0 aromatic carbocycles. The summed E-state index contributed by atoms with van der Waals surface area (Å²) in [5.41, 5.74) is 7.54. The van der Waals surface area contributed by atoms with Gasteiger partial charge in [0.2, 0.25) is 5.88 Å². The minimum absolute atomic E-state index is 0.104. The van der Waals surface area contributed by atoms with Crippen molar-refractivity contribution in [1.82, 2.24) is 9.97 Å². The first-order valence-corrected chi connectivity index (χ1v) is 7.12. The molecule has 0 spiro atoms. The van der Waals surface area contributed by atoms with Crippen molar-refractivity contribution in [3.8, 4) is 5.88 Å². The smallest absolute Gasteiger partial charge is 0.239 e. The SMILES string of the molecule is CC(C)COc1nc(NC(C)c2cccnc2)ccc1N. The Balaban J connectivity index is 2.08. The summed E-state index contributed by atoms with van der Waals surface area (Å²) in [6.45, 7) is 6.83. The summed E-state index contributed by atoms with van der Waals surface area (Å²) in [7, 11) is 0. The van der Waals surface area contributed by atoms with Gasteiger partial charge in [0.15, 0.2) is 0 Å². The molecule has 1 unspecified atom stereocenters. The van der Waals surface area contributed by atoms with Gasteiger partial charge in [0.05, 0.1) is 18.3 Å². The fourth-order valence-electron chi connectivity index (χ4n) is 1.83. The van der Waals surface area contributed by atoms with Crippen LogP contribution >= 0.6 is 0 Å². The van der Waals surface area contributed by atoms with Crippen molar-refractivity contribution >= 4 is 11.5 Å². The number of pyridine rings is 2. The largest absolute Gasteiger partial charge is 0.476 e. The number of nitrogens with one attached hydrogen (secondary N) is 1. The molecule has 2 aromatic heterocycles. The van der Waals surface area contributed by atoms with Gasteiger partial charge >= 0.3 is 0 Å². The highest BCUT2D eigenvalue weighted by Gasteiger charge is 2.09. The van der Waals surface area contributed by atoms with E-state index in [1.165, 1.54) is 0 Å². The zero-order chi connectivity index (χ0) is 15.2. The number of nitrogens with zero attached hydrogens (tertiary/aromatic N) is 2. The summed E-state index contributed by atoms with van der Waals surface area (Å²) < 4.78 is 5.64. The van der Waals surface area contributed by atoms with Gasteiger partial charge in [0, 0.05) is 12.4 Å². The molecule has 2 aromatic rings. The van der Waals surface area contributed by atoms with E-state index in [4.69, 9.17) is 10.5 Å². The van der Waals surface area contributed by atoms with E-state index >= 15 is 0 Å². The zero-order valence-corrected chi connectivity index (χ0v) is 12.7. The predicted octanol–water partition coefficient (Wildman–Crippen LogP) is 3.27. The average Bonchev–Trinajstić information content (AvgIpc) is 2.48. The fraction of sp³-hybridized carbons (Fsp3) is 0.375. The Bertz CT molecular complexity index is 572. The van der Waals surface area contributed by atoms with Gasteiger partial charge in [-0.1, -0.05) is 19.9 Å². The van der Waals surface area contributed by atoms with E-state index in [2.05, 4.69) is 36.1 Å². The third kappa shape index (κ3) is 4.34. The van der Waals surface area contributed by atoms with Gasteiger partial charge < -0.3 is 15.8 Å². The second-order valence-electron chi connectivity index (χ2n) is 5.45. The van der Waals surface area contributed by atoms with Gasteiger partial charge in [-0.15, -0.1) is 0 Å². The molecule has 1 atom stereocenters. The van der Waals surface area contributed by atoms with Crippen LogP contribution in [0, 0.1) is 5.92 Å². The van der Waals surface area contributed by atoms with E-state index in [0.29, 0.717) is 24.1 Å². The van der Waals surface area contributed by atoms with Crippen molar-refractivity contribution in [2.45, 2.75) is 26.8 Å². The maximum Gasteiger partial charge on any atom is 0.239 e. The Labute approximate surface area is 125 Å². The molecule has 2 rings (SSSR count). The molecule has 0 aliphatic carbocycles. The molecule has 2 heterocycles. The molecule has 0 amide bonds. The second kappa shape index (κ2) is 6.92. The summed E-state index contributed by atoms with van der Waals surface area (Å²) in [4.78, 5) is 8.55. The molecule has 112 valence electrons. The van der Waals surface area contributed by atoms with Crippen molar-refractivity contribution in [2.24, 2.45) is 5.92 Å². The van der Waals surface area contributed by atoms with Gasteiger partial charge in [-0.25, -0.2) is 0 Å². The van der Waals surface area contributed by atoms with Crippen molar-refractivity contribution < 1.29 is 4.74 Å². The number of aromatic nitrogens is 2. The number of hydrogen-bond donors (Lipinski definition) is 2. The van der Waals surface area contributed by atoms with Crippen LogP contribution in [0.3, 0.4) is 0 Å². The average molecular weight is 286 g/mol. The van der Waals surface area contributed by atoms with E-state index in [1.54, 1.807) is 12.3 Å². The molecule has 0 aliphatic heterocycles. The quantitative estimate of drug-likeness (QED) is 0.852. The topological polar surface area (TPSA) is 73.1 Å². The third-order valence-corrected chi connectivity index (χ3v) is 2.99. The number of anilines is 2. The van der Waals surface area contributed by atoms with E-state index in [-0.39, 0.29) is 6.04 Å². The van der Waals surface area contributed by atoms with Crippen LogP contribution in [0.25, 0.3) is 0 Å². The summed E-state index contributed by atoms with van der Waals surface area (Å²) >= 11 is 0. The highest BCUT2D eigenvalue weighted by molar-refractivity contribution is 5.54. The molecule has 3 N–H and O–H groups in total. The number of rotatable bonds is 6. The van der Waals surface area contributed by atoms with Crippen LogP contribution in [0.5, 0.6) is 5.88 Å². The van der Waals surface area contributed by atoms with E-state index in [1.807, 2.05) is 24.4 Å². The summed E-state index contributed by atoms with van der Waals surface area (Å²) in [6.07, 6.45) is 3.60. The van der Waals surface area contributed by atoms with Gasteiger partial charge in [-0.2, -0.15) is 4.98 Å². The number of nitrogen functional groups attached to an aromatic ring is 1. The Morgan fingerprint density at radius 1 is 1.24 bits per heavy atom. The first-order valence-electron chi connectivity index (χ1n) is 7.12. The Hall–Kier alpha value is -2.30. The van der Waals surface area contributed by atoms with Crippen LogP contribution in [-0.2, 0) is 0 Å². The highest BCUT2D eigenvalue weighted by atomic mass is 16.5. The normalized spacial score (nSPS) is 12.2. The first-order chi connectivity index (χ1) is 10.1. The molecule has 0 fully saturated rings. The van der Waals surface area contributed by atoms with E-state index in [0.717, 1.165) is 11.4 Å². The zero-order valence-electron chi connectivity index (χ0n) is 12.7. The summed E-state index contributed by atoms with van der Waals surface area (Å²) in [5.74, 6) is 1.64. The van der Waals surface area contributed by atoms with E-state index < -0.39 is 0 Å². The van der Waals surface area contributed by atoms with Gasteiger partial charge in [-0.3, -0.25) is 4.98 Å². The molecule has 0 radical (unpaired) electrons. The molecule has 0 bridgehead atoms. The summed E-state index contributed by atoms with van der Waals surface area (Å²) in [6, 6.07) is 7.71. The van der Waals surface area contributed by atoms with Crippen LogP contribution in [0.1, 0.15) is 32.4 Å². The van der Waals surface area contributed by atoms with Crippen molar-refractivity contribution in [3.63, 3.8) is 0 Å². The molecule has 0 aliphatic rings. The lowest BCUT2D eigenvalue weighted by Crippen LogP contribution is -2.11. The van der Waals surface area contributed by atoms with Crippen LogP contribution in [0.4, 0.5) is 11.5 Å². The molecular formula is C16H22N4O.